The Hall–Kier alpha value is -1.87. The normalized spacial score (nSPS) is 10.1. The highest BCUT2D eigenvalue weighted by Crippen LogP contribution is 2.16. The van der Waals surface area contributed by atoms with Crippen molar-refractivity contribution < 1.29 is 4.39 Å². The summed E-state index contributed by atoms with van der Waals surface area (Å²) < 4.78 is 14.4. The summed E-state index contributed by atoms with van der Waals surface area (Å²) in [6.45, 7) is 0. The maximum atomic E-state index is 12.7. The zero-order chi connectivity index (χ0) is 14.8. The minimum Gasteiger partial charge on any atom is -0.276 e. The molecule has 4 rings (SSSR count). The topological polar surface area (TPSA) is 83.1 Å². The first-order chi connectivity index (χ1) is 10.1. The number of H-pyrrole nitrogens is 2. The Balaban J connectivity index is 0.000000154. The highest BCUT2D eigenvalue weighted by Gasteiger charge is 2.04. The number of aromatic nitrogens is 6. The largest absolute Gasteiger partial charge is 0.276 e. The summed E-state index contributed by atoms with van der Waals surface area (Å²) in [6, 6.07) is 3.64. The zero-order valence-electron chi connectivity index (χ0n) is 10.3. The molecule has 4 aromatic heterocycles. The molecule has 0 spiro atoms. The molecule has 22 heavy (non-hydrogen) atoms. The van der Waals surface area contributed by atoms with Crippen molar-refractivity contribution in [3.63, 3.8) is 0 Å². The van der Waals surface area contributed by atoms with Gasteiger partial charge in [-0.1, -0.05) is 7.43 Å². The molecule has 0 aliphatic carbocycles. The van der Waals surface area contributed by atoms with Gasteiger partial charge in [-0.05, 0) is 44.0 Å². The van der Waals surface area contributed by atoms with Crippen molar-refractivity contribution in [1.29, 1.82) is 0 Å². The molecule has 0 aliphatic heterocycles. The Bertz CT molecular complexity index is 904. The summed E-state index contributed by atoms with van der Waals surface area (Å²) in [5.74, 6) is -0.493. The molecule has 4 heterocycles. The quantitative estimate of drug-likeness (QED) is 0.438. The number of nitrogens with one attached hydrogen (secondary N) is 2. The van der Waals surface area contributed by atoms with Crippen molar-refractivity contribution in [2.75, 3.05) is 0 Å². The number of aromatic amines is 2. The fourth-order valence-corrected chi connectivity index (χ4v) is 2.30. The van der Waals surface area contributed by atoms with Gasteiger partial charge in [0.1, 0.15) is 16.6 Å². The molecule has 0 aliphatic rings. The van der Waals surface area contributed by atoms with E-state index in [-0.39, 0.29) is 12.9 Å². The van der Waals surface area contributed by atoms with Crippen LogP contribution in [0.1, 0.15) is 7.43 Å². The van der Waals surface area contributed by atoms with Crippen molar-refractivity contribution in [3.05, 3.63) is 45.6 Å². The van der Waals surface area contributed by atoms with Gasteiger partial charge in [-0.3, -0.25) is 15.2 Å². The van der Waals surface area contributed by atoms with E-state index in [1.54, 1.807) is 18.5 Å². The van der Waals surface area contributed by atoms with Crippen LogP contribution in [0.3, 0.4) is 0 Å². The fraction of sp³-hybridized carbons (Fsp3) is 0.0769. The molecule has 2 N–H and O–H groups in total. The van der Waals surface area contributed by atoms with Gasteiger partial charge in [0.05, 0.1) is 11.7 Å². The molecule has 0 amide bonds. The Labute approximate surface area is 141 Å². The summed E-state index contributed by atoms with van der Waals surface area (Å²) in [4.78, 5) is 7.92. The smallest absolute Gasteiger partial charge is 0.235 e. The molecule has 0 aromatic carbocycles. The average Bonchev–Trinajstić information content (AvgIpc) is 3.06. The maximum absolute atomic E-state index is 12.7. The second kappa shape index (κ2) is 6.93. The van der Waals surface area contributed by atoms with Crippen LogP contribution in [0, 0.1) is 5.95 Å². The van der Waals surface area contributed by atoms with Gasteiger partial charge in [-0.15, -0.1) is 0 Å². The van der Waals surface area contributed by atoms with Crippen LogP contribution in [-0.2, 0) is 0 Å². The molecule has 0 fully saturated rings. The third kappa shape index (κ3) is 3.47. The lowest BCUT2D eigenvalue weighted by Crippen LogP contribution is -1.76. The molecule has 114 valence electrons. The van der Waals surface area contributed by atoms with E-state index < -0.39 is 5.95 Å². The molecular weight excluding hydrogens is 419 g/mol. The molecule has 0 saturated carbocycles. The number of hydrogen-bond donors (Lipinski definition) is 2. The van der Waals surface area contributed by atoms with Crippen LogP contribution in [0.15, 0.2) is 39.7 Å². The van der Waals surface area contributed by atoms with Crippen LogP contribution in [0.5, 0.6) is 0 Å². The average molecular weight is 430 g/mol. The highest BCUT2D eigenvalue weighted by atomic mass is 79.9. The number of nitrogens with zero attached hydrogens (tertiary/aromatic N) is 4. The van der Waals surface area contributed by atoms with Crippen LogP contribution >= 0.6 is 31.9 Å². The fourth-order valence-electron chi connectivity index (χ4n) is 1.65. The van der Waals surface area contributed by atoms with Crippen molar-refractivity contribution in [2.24, 2.45) is 0 Å². The number of pyridine rings is 2. The standard InChI is InChI=1S/C6H3BrFN3.C6H4BrN3.CH4/c7-3-1-4-5(9-2-3)6(8)11-10-4;7-4-1-5-6(8-2-4)3-9-10-5;/h1-2H,(H,10,11);1-3H,(H,9,10);1H4. The first kappa shape index (κ1) is 16.5. The van der Waals surface area contributed by atoms with E-state index in [2.05, 4.69) is 62.2 Å². The Morgan fingerprint density at radius 2 is 1.64 bits per heavy atom. The van der Waals surface area contributed by atoms with E-state index in [9.17, 15) is 4.39 Å². The van der Waals surface area contributed by atoms with E-state index in [0.717, 1.165) is 20.0 Å². The molecule has 0 atom stereocenters. The van der Waals surface area contributed by atoms with Gasteiger partial charge in [0.25, 0.3) is 0 Å². The van der Waals surface area contributed by atoms with Crippen LogP contribution < -0.4 is 0 Å². The minimum atomic E-state index is -0.493. The summed E-state index contributed by atoms with van der Waals surface area (Å²) in [5, 5.41) is 12.5. The lowest BCUT2D eigenvalue weighted by atomic mass is 10.4. The summed E-state index contributed by atoms with van der Waals surface area (Å²) in [7, 11) is 0. The number of fused-ring (bicyclic) bond motifs is 2. The lowest BCUT2D eigenvalue weighted by Gasteiger charge is -1.86. The Kier molecular flexibility index (Phi) is 5.19. The molecule has 0 radical (unpaired) electrons. The van der Waals surface area contributed by atoms with Gasteiger partial charge < -0.3 is 0 Å². The van der Waals surface area contributed by atoms with Crippen LogP contribution in [-0.4, -0.2) is 30.4 Å². The summed E-state index contributed by atoms with van der Waals surface area (Å²) in [5.41, 5.74) is 2.64. The zero-order valence-corrected chi connectivity index (χ0v) is 13.5. The first-order valence-corrected chi connectivity index (χ1v) is 7.32. The van der Waals surface area contributed by atoms with Crippen molar-refractivity contribution >= 4 is 53.9 Å². The molecule has 0 unspecified atom stereocenters. The van der Waals surface area contributed by atoms with Gasteiger partial charge in [-0.25, -0.2) is 4.98 Å². The van der Waals surface area contributed by atoms with Crippen molar-refractivity contribution in [2.45, 2.75) is 7.43 Å². The lowest BCUT2D eigenvalue weighted by molar-refractivity contribution is 0.586. The predicted molar refractivity (Wildman–Crippen MR) is 89.9 cm³/mol. The van der Waals surface area contributed by atoms with Gasteiger partial charge in [-0.2, -0.15) is 14.6 Å². The molecule has 9 heteroatoms. The van der Waals surface area contributed by atoms with E-state index in [0.29, 0.717) is 5.52 Å². The third-order valence-electron chi connectivity index (χ3n) is 2.57. The molecule has 0 saturated heterocycles. The van der Waals surface area contributed by atoms with E-state index in [1.807, 2.05) is 6.07 Å². The Morgan fingerprint density at radius 1 is 0.909 bits per heavy atom. The van der Waals surface area contributed by atoms with E-state index in [1.165, 1.54) is 6.20 Å². The van der Waals surface area contributed by atoms with E-state index >= 15 is 0 Å². The van der Waals surface area contributed by atoms with Crippen molar-refractivity contribution in [3.8, 4) is 0 Å². The third-order valence-corrected chi connectivity index (χ3v) is 3.44. The molecule has 6 nitrogen and oxygen atoms in total. The molecule has 4 aromatic rings. The monoisotopic (exact) mass is 428 g/mol. The number of halogens is 3. The van der Waals surface area contributed by atoms with Gasteiger partial charge in [0.15, 0.2) is 0 Å². The minimum absolute atomic E-state index is 0. The van der Waals surface area contributed by atoms with Crippen molar-refractivity contribution in [1.82, 2.24) is 30.4 Å². The van der Waals surface area contributed by atoms with Gasteiger partial charge in [0.2, 0.25) is 5.95 Å². The highest BCUT2D eigenvalue weighted by molar-refractivity contribution is 9.10. The summed E-state index contributed by atoms with van der Waals surface area (Å²) >= 11 is 6.51. The second-order valence-corrected chi connectivity index (χ2v) is 5.85. The number of rotatable bonds is 0. The van der Waals surface area contributed by atoms with Gasteiger partial charge in [0, 0.05) is 21.3 Å². The predicted octanol–water partition coefficient (Wildman–Crippen LogP) is 4.22. The maximum Gasteiger partial charge on any atom is 0.235 e. The second-order valence-electron chi connectivity index (χ2n) is 4.02. The molecular formula is C13H11Br2FN6. The number of hydrogen-bond acceptors (Lipinski definition) is 4. The van der Waals surface area contributed by atoms with E-state index in [4.69, 9.17) is 0 Å². The molecule has 0 bridgehead atoms. The Morgan fingerprint density at radius 3 is 2.45 bits per heavy atom. The van der Waals surface area contributed by atoms with Crippen LogP contribution in [0.25, 0.3) is 22.1 Å². The first-order valence-electron chi connectivity index (χ1n) is 5.73. The van der Waals surface area contributed by atoms with Gasteiger partial charge >= 0.3 is 0 Å². The van der Waals surface area contributed by atoms with Crippen LogP contribution in [0.4, 0.5) is 4.39 Å². The summed E-state index contributed by atoms with van der Waals surface area (Å²) in [6.07, 6.45) is 4.97. The SMILES string of the molecule is Brc1cnc2cn[nH]c2c1.C.Fc1[nH]nc2cc(Br)cnc12. The van der Waals surface area contributed by atoms with Crippen LogP contribution in [0.2, 0.25) is 0 Å².